The Morgan fingerprint density at radius 3 is 2.71 bits per heavy atom. The van der Waals surface area contributed by atoms with Crippen molar-refractivity contribution in [2.24, 2.45) is 17.1 Å². The van der Waals surface area contributed by atoms with Crippen molar-refractivity contribution in [1.29, 1.82) is 0 Å². The van der Waals surface area contributed by atoms with Gasteiger partial charge in [0.05, 0.1) is 0 Å². The lowest BCUT2D eigenvalue weighted by Crippen LogP contribution is -2.44. The Morgan fingerprint density at radius 2 is 1.94 bits per heavy atom. The van der Waals surface area contributed by atoms with Gasteiger partial charge in [0.15, 0.2) is 0 Å². The zero-order chi connectivity index (χ0) is 12.3. The van der Waals surface area contributed by atoms with Crippen molar-refractivity contribution in [2.45, 2.75) is 64.8 Å². The second-order valence-electron chi connectivity index (χ2n) is 6.99. The number of hydrogen-bond donors (Lipinski definition) is 1. The van der Waals surface area contributed by atoms with Gasteiger partial charge in [0.2, 0.25) is 0 Å². The van der Waals surface area contributed by atoms with E-state index in [4.69, 9.17) is 5.73 Å². The lowest BCUT2D eigenvalue weighted by atomic mass is 9.85. The fraction of sp³-hybridized carbons (Fsp3) is 1.00. The summed E-state index contributed by atoms with van der Waals surface area (Å²) < 4.78 is 0. The van der Waals surface area contributed by atoms with Crippen LogP contribution in [-0.2, 0) is 0 Å². The van der Waals surface area contributed by atoms with Crippen LogP contribution in [0.25, 0.3) is 0 Å². The predicted octanol–water partition coefficient (Wildman–Crippen LogP) is 3.02. The first-order chi connectivity index (χ1) is 8.11. The highest BCUT2D eigenvalue weighted by atomic mass is 15.2. The van der Waals surface area contributed by atoms with E-state index >= 15 is 0 Å². The number of likely N-dealkylation sites (tertiary alicyclic amines) is 1. The van der Waals surface area contributed by atoms with Crippen molar-refractivity contribution in [2.75, 3.05) is 19.6 Å². The minimum absolute atomic E-state index is 0.581. The highest BCUT2D eigenvalue weighted by molar-refractivity contribution is 4.84. The molecule has 2 heteroatoms. The third-order valence-electron chi connectivity index (χ3n) is 4.95. The van der Waals surface area contributed by atoms with E-state index in [0.29, 0.717) is 5.41 Å². The summed E-state index contributed by atoms with van der Waals surface area (Å²) >= 11 is 0. The van der Waals surface area contributed by atoms with Gasteiger partial charge in [0.25, 0.3) is 0 Å². The van der Waals surface area contributed by atoms with Gasteiger partial charge >= 0.3 is 0 Å². The third kappa shape index (κ3) is 3.69. The molecule has 100 valence electrons. The summed E-state index contributed by atoms with van der Waals surface area (Å²) in [7, 11) is 0. The van der Waals surface area contributed by atoms with Crippen molar-refractivity contribution in [3.63, 3.8) is 0 Å². The molecule has 1 heterocycles. The van der Waals surface area contributed by atoms with Crippen LogP contribution >= 0.6 is 0 Å². The second kappa shape index (κ2) is 5.71. The zero-order valence-corrected chi connectivity index (χ0v) is 11.8. The number of rotatable bonds is 2. The summed E-state index contributed by atoms with van der Waals surface area (Å²) in [4.78, 5) is 2.75. The molecular formula is C15H30N2. The molecule has 0 aromatic carbocycles. The fourth-order valence-corrected chi connectivity index (χ4v) is 3.63. The van der Waals surface area contributed by atoms with Gasteiger partial charge in [-0.1, -0.05) is 20.3 Å². The van der Waals surface area contributed by atoms with E-state index in [2.05, 4.69) is 18.7 Å². The van der Waals surface area contributed by atoms with Gasteiger partial charge in [0.1, 0.15) is 0 Å². The predicted molar refractivity (Wildman–Crippen MR) is 74.0 cm³/mol. The highest BCUT2D eigenvalue weighted by Gasteiger charge is 2.29. The number of nitrogens with zero attached hydrogens (tertiary/aromatic N) is 1. The second-order valence-corrected chi connectivity index (χ2v) is 6.99. The molecule has 0 aromatic heterocycles. The van der Waals surface area contributed by atoms with Crippen LogP contribution in [0.2, 0.25) is 0 Å². The largest absolute Gasteiger partial charge is 0.330 e. The average molecular weight is 238 g/mol. The Labute approximate surface area is 107 Å². The first-order valence-corrected chi connectivity index (χ1v) is 7.55. The first-order valence-electron chi connectivity index (χ1n) is 7.55. The summed E-state index contributed by atoms with van der Waals surface area (Å²) in [5, 5.41) is 0. The minimum Gasteiger partial charge on any atom is -0.330 e. The molecule has 2 N–H and O–H groups in total. The Bertz CT molecular complexity index is 237. The van der Waals surface area contributed by atoms with E-state index in [9.17, 15) is 0 Å². The number of nitrogens with two attached hydrogens (primary N) is 1. The van der Waals surface area contributed by atoms with E-state index in [-0.39, 0.29) is 0 Å². The monoisotopic (exact) mass is 238 g/mol. The van der Waals surface area contributed by atoms with Crippen molar-refractivity contribution >= 4 is 0 Å². The Morgan fingerprint density at radius 1 is 1.12 bits per heavy atom. The van der Waals surface area contributed by atoms with Crippen LogP contribution in [0, 0.1) is 11.3 Å². The van der Waals surface area contributed by atoms with E-state index in [1.807, 2.05) is 0 Å². The van der Waals surface area contributed by atoms with Gasteiger partial charge < -0.3 is 10.6 Å². The molecule has 2 rings (SSSR count). The van der Waals surface area contributed by atoms with Crippen LogP contribution in [0.15, 0.2) is 0 Å². The Balaban J connectivity index is 1.88. The van der Waals surface area contributed by atoms with E-state index in [0.717, 1.165) is 18.5 Å². The summed E-state index contributed by atoms with van der Waals surface area (Å²) in [6.45, 7) is 8.35. The van der Waals surface area contributed by atoms with E-state index in [1.54, 1.807) is 0 Å². The highest BCUT2D eigenvalue weighted by Crippen LogP contribution is 2.36. The molecular weight excluding hydrogens is 208 g/mol. The van der Waals surface area contributed by atoms with Gasteiger partial charge in [-0.05, 0) is 62.9 Å². The zero-order valence-electron chi connectivity index (χ0n) is 11.8. The minimum atomic E-state index is 0.581. The van der Waals surface area contributed by atoms with Crippen molar-refractivity contribution in [3.8, 4) is 0 Å². The van der Waals surface area contributed by atoms with E-state index < -0.39 is 0 Å². The van der Waals surface area contributed by atoms with Crippen molar-refractivity contribution in [1.82, 2.24) is 4.90 Å². The van der Waals surface area contributed by atoms with Crippen molar-refractivity contribution < 1.29 is 0 Å². The molecule has 2 atom stereocenters. The molecule has 2 nitrogen and oxygen atoms in total. The van der Waals surface area contributed by atoms with Gasteiger partial charge in [-0.3, -0.25) is 0 Å². The molecule has 0 aromatic rings. The molecule has 0 radical (unpaired) electrons. The Hall–Kier alpha value is -0.0800. The van der Waals surface area contributed by atoms with Gasteiger partial charge in [-0.15, -0.1) is 0 Å². The third-order valence-corrected chi connectivity index (χ3v) is 4.95. The smallest absolute Gasteiger partial charge is 0.00955 e. The molecule has 2 aliphatic rings. The van der Waals surface area contributed by atoms with Crippen molar-refractivity contribution in [3.05, 3.63) is 0 Å². The molecule has 17 heavy (non-hydrogen) atoms. The summed E-state index contributed by atoms with van der Waals surface area (Å²) in [5.74, 6) is 0.764. The fourth-order valence-electron chi connectivity index (χ4n) is 3.63. The molecule has 0 spiro atoms. The molecule has 0 bridgehead atoms. The maximum Gasteiger partial charge on any atom is 0.00955 e. The first kappa shape index (κ1) is 13.4. The van der Waals surface area contributed by atoms with Gasteiger partial charge in [-0.2, -0.15) is 0 Å². The van der Waals surface area contributed by atoms with Crippen LogP contribution in [-0.4, -0.2) is 30.6 Å². The standard InChI is InChI=1S/C15H30N2/c1-15(2)8-3-6-14(7-9-15)17-10-4-5-13(11-16)12-17/h13-14H,3-12,16H2,1-2H3. The molecule has 1 aliphatic carbocycles. The molecule has 1 saturated heterocycles. The lowest BCUT2D eigenvalue weighted by Gasteiger charge is -2.38. The molecule has 2 fully saturated rings. The normalized spacial score (nSPS) is 35.5. The summed E-state index contributed by atoms with van der Waals surface area (Å²) in [6.07, 6.45) is 9.78. The summed E-state index contributed by atoms with van der Waals surface area (Å²) in [6, 6.07) is 0.853. The Kier molecular flexibility index (Phi) is 4.48. The molecule has 1 aliphatic heterocycles. The SMILES string of the molecule is CC1(C)CCCC(N2CCCC(CN)C2)CC1. The number of piperidine rings is 1. The van der Waals surface area contributed by atoms with Crippen LogP contribution in [0.3, 0.4) is 0 Å². The maximum absolute atomic E-state index is 5.84. The maximum atomic E-state index is 5.84. The van der Waals surface area contributed by atoms with Crippen LogP contribution in [0.5, 0.6) is 0 Å². The van der Waals surface area contributed by atoms with Gasteiger partial charge in [0, 0.05) is 12.6 Å². The van der Waals surface area contributed by atoms with Crippen LogP contribution in [0.1, 0.15) is 58.8 Å². The molecule has 2 unspecified atom stereocenters. The molecule has 1 saturated carbocycles. The quantitative estimate of drug-likeness (QED) is 0.749. The van der Waals surface area contributed by atoms with Crippen LogP contribution in [0.4, 0.5) is 0 Å². The summed E-state index contributed by atoms with van der Waals surface area (Å²) in [5.41, 5.74) is 6.42. The average Bonchev–Trinajstić information content (AvgIpc) is 2.50. The van der Waals surface area contributed by atoms with Crippen LogP contribution < -0.4 is 5.73 Å². The van der Waals surface area contributed by atoms with E-state index in [1.165, 1.54) is 58.0 Å². The molecule has 0 amide bonds. The number of hydrogen-bond acceptors (Lipinski definition) is 2. The van der Waals surface area contributed by atoms with Gasteiger partial charge in [-0.25, -0.2) is 0 Å². The topological polar surface area (TPSA) is 29.3 Å². The lowest BCUT2D eigenvalue weighted by molar-refractivity contribution is 0.113.